The molecule has 1 aliphatic carbocycles. The van der Waals surface area contributed by atoms with Crippen LogP contribution in [0.4, 0.5) is 0 Å². The Morgan fingerprint density at radius 2 is 1.86 bits per heavy atom. The highest BCUT2D eigenvalue weighted by Gasteiger charge is 2.29. The van der Waals surface area contributed by atoms with E-state index in [-0.39, 0.29) is 22.7 Å². The third kappa shape index (κ3) is 5.16. The van der Waals surface area contributed by atoms with Gasteiger partial charge in [0.2, 0.25) is 0 Å². The van der Waals surface area contributed by atoms with Gasteiger partial charge in [0.05, 0.1) is 27.3 Å². The van der Waals surface area contributed by atoms with E-state index in [2.05, 4.69) is 11.9 Å². The molecule has 1 fully saturated rings. The molecule has 1 amide bonds. The number of sulfone groups is 1. The van der Waals surface area contributed by atoms with Gasteiger partial charge in [-0.2, -0.15) is 0 Å². The van der Waals surface area contributed by atoms with Crippen molar-refractivity contribution in [1.82, 2.24) is 5.32 Å². The Morgan fingerprint density at radius 1 is 1.18 bits per heavy atom. The van der Waals surface area contributed by atoms with Crippen LogP contribution < -0.4 is 5.32 Å². The number of carbonyl (C=O) groups excluding carboxylic acids is 1. The summed E-state index contributed by atoms with van der Waals surface area (Å²) < 4.78 is 24.8. The van der Waals surface area contributed by atoms with Gasteiger partial charge in [0.15, 0.2) is 9.84 Å². The number of rotatable bonds is 8. The Morgan fingerprint density at radius 3 is 2.43 bits per heavy atom. The zero-order valence-corrected chi connectivity index (χ0v) is 17.5. The average molecular weight is 438 g/mol. The predicted molar refractivity (Wildman–Crippen MR) is 113 cm³/mol. The van der Waals surface area contributed by atoms with Gasteiger partial charge < -0.3 is 5.32 Å². The molecule has 0 saturated heterocycles. The summed E-state index contributed by atoms with van der Waals surface area (Å²) in [5.41, 5.74) is 1.12. The first-order valence-corrected chi connectivity index (χ1v) is 11.4. The fraction of sp³-hybridized carbons (Fsp3) is 0.286. The summed E-state index contributed by atoms with van der Waals surface area (Å²) in [5.74, 6) is 0.161. The van der Waals surface area contributed by atoms with Gasteiger partial charge in [-0.05, 0) is 61.1 Å². The van der Waals surface area contributed by atoms with E-state index in [9.17, 15) is 13.2 Å². The molecule has 148 valence electrons. The zero-order valence-electron chi connectivity index (χ0n) is 15.2. The molecule has 28 heavy (non-hydrogen) atoms. The summed E-state index contributed by atoms with van der Waals surface area (Å²) in [6, 6.07) is 11.0. The van der Waals surface area contributed by atoms with Gasteiger partial charge in [-0.3, -0.25) is 4.79 Å². The first-order valence-electron chi connectivity index (χ1n) is 8.99. The number of amides is 1. The normalized spacial score (nSPS) is 15.1. The van der Waals surface area contributed by atoms with Gasteiger partial charge >= 0.3 is 0 Å². The molecule has 0 heterocycles. The molecule has 0 aromatic heterocycles. The molecule has 4 nitrogen and oxygen atoms in total. The first-order chi connectivity index (χ1) is 13.3. The maximum absolute atomic E-state index is 12.6. The van der Waals surface area contributed by atoms with E-state index < -0.39 is 9.84 Å². The second-order valence-corrected chi connectivity index (χ2v) is 9.85. The van der Waals surface area contributed by atoms with Crippen molar-refractivity contribution in [3.63, 3.8) is 0 Å². The molecule has 2 aromatic carbocycles. The summed E-state index contributed by atoms with van der Waals surface area (Å²) in [7, 11) is -3.26. The van der Waals surface area contributed by atoms with Crippen LogP contribution in [0.3, 0.4) is 0 Å². The van der Waals surface area contributed by atoms with Gasteiger partial charge in [-0.1, -0.05) is 41.4 Å². The van der Waals surface area contributed by atoms with Crippen LogP contribution in [-0.2, 0) is 9.84 Å². The molecule has 0 radical (unpaired) electrons. The first kappa shape index (κ1) is 20.9. The van der Waals surface area contributed by atoms with Crippen LogP contribution in [0.2, 0.25) is 10.0 Å². The van der Waals surface area contributed by atoms with Crippen LogP contribution in [0.5, 0.6) is 0 Å². The highest BCUT2D eigenvalue weighted by molar-refractivity contribution is 7.91. The molecule has 1 atom stereocenters. The largest absolute Gasteiger partial charge is 0.345 e. The smallest absolute Gasteiger partial charge is 0.253 e. The third-order valence-corrected chi connectivity index (χ3v) is 7.13. The minimum atomic E-state index is -3.26. The highest BCUT2D eigenvalue weighted by Crippen LogP contribution is 2.32. The molecule has 1 N–H and O–H groups in total. The van der Waals surface area contributed by atoms with Crippen LogP contribution in [-0.4, -0.2) is 20.1 Å². The molecule has 2 aromatic rings. The number of hydrogen-bond acceptors (Lipinski definition) is 3. The van der Waals surface area contributed by atoms with Crippen molar-refractivity contribution in [3.05, 3.63) is 76.3 Å². The standard InChI is InChI=1S/C21H21Cl2NO3S/c1-2-3-20(24-21(25)18-11-8-16(22)12-19(18)23)15-6-9-17(10-7-15)28(26,27)13-14-4-5-14/h2,6-12,14,20H,1,3-5,13H2,(H,24,25). The molecule has 0 spiro atoms. The van der Waals surface area contributed by atoms with Crippen LogP contribution in [0.15, 0.2) is 60.0 Å². The molecule has 0 bridgehead atoms. The van der Waals surface area contributed by atoms with Crippen molar-refractivity contribution in [2.24, 2.45) is 5.92 Å². The lowest BCUT2D eigenvalue weighted by atomic mass is 10.0. The highest BCUT2D eigenvalue weighted by atomic mass is 35.5. The minimum absolute atomic E-state index is 0.203. The van der Waals surface area contributed by atoms with E-state index in [1.807, 2.05) is 0 Å². The molecule has 1 unspecified atom stereocenters. The zero-order chi connectivity index (χ0) is 20.3. The summed E-state index contributed by atoms with van der Waals surface area (Å²) in [5, 5.41) is 3.64. The van der Waals surface area contributed by atoms with Gasteiger partial charge in [-0.15, -0.1) is 6.58 Å². The molecule has 0 aliphatic heterocycles. The lowest BCUT2D eigenvalue weighted by Crippen LogP contribution is -2.28. The van der Waals surface area contributed by atoms with Crippen LogP contribution in [0.25, 0.3) is 0 Å². The van der Waals surface area contributed by atoms with E-state index in [0.717, 1.165) is 18.4 Å². The molecule has 7 heteroatoms. The minimum Gasteiger partial charge on any atom is -0.345 e. The molecule has 3 rings (SSSR count). The number of nitrogens with one attached hydrogen (secondary N) is 1. The Hall–Kier alpha value is -1.82. The fourth-order valence-corrected chi connectivity index (χ4v) is 5.14. The van der Waals surface area contributed by atoms with Crippen molar-refractivity contribution in [3.8, 4) is 0 Å². The lowest BCUT2D eigenvalue weighted by Gasteiger charge is -2.19. The van der Waals surface area contributed by atoms with Crippen molar-refractivity contribution >= 4 is 38.9 Å². The van der Waals surface area contributed by atoms with Crippen LogP contribution >= 0.6 is 23.2 Å². The van der Waals surface area contributed by atoms with E-state index in [0.29, 0.717) is 27.8 Å². The van der Waals surface area contributed by atoms with Crippen LogP contribution in [0, 0.1) is 5.92 Å². The monoisotopic (exact) mass is 437 g/mol. The third-order valence-electron chi connectivity index (χ3n) is 4.68. The van der Waals surface area contributed by atoms with Crippen molar-refractivity contribution in [2.45, 2.75) is 30.2 Å². The predicted octanol–water partition coefficient (Wildman–Crippen LogP) is 5.22. The topological polar surface area (TPSA) is 63.2 Å². The van der Waals surface area contributed by atoms with Crippen LogP contribution in [0.1, 0.15) is 41.2 Å². The quantitative estimate of drug-likeness (QED) is 0.575. The Labute approximate surface area is 175 Å². The SMILES string of the molecule is C=CCC(NC(=O)c1ccc(Cl)cc1Cl)c1ccc(S(=O)(=O)CC2CC2)cc1. The summed E-state index contributed by atoms with van der Waals surface area (Å²) in [4.78, 5) is 12.9. The van der Waals surface area contributed by atoms with E-state index in [1.165, 1.54) is 6.07 Å². The number of benzene rings is 2. The fourth-order valence-electron chi connectivity index (χ4n) is 2.95. The Bertz CT molecular complexity index is 983. The van der Waals surface area contributed by atoms with Gasteiger partial charge in [0.1, 0.15) is 0 Å². The summed E-state index contributed by atoms with van der Waals surface area (Å²) in [6.45, 7) is 3.74. The summed E-state index contributed by atoms with van der Waals surface area (Å²) >= 11 is 12.0. The van der Waals surface area contributed by atoms with Crippen molar-refractivity contribution in [2.75, 3.05) is 5.75 Å². The maximum atomic E-state index is 12.6. The van der Waals surface area contributed by atoms with Gasteiger partial charge in [-0.25, -0.2) is 8.42 Å². The molecular formula is C21H21Cl2NO3S. The van der Waals surface area contributed by atoms with E-state index in [1.54, 1.807) is 42.5 Å². The van der Waals surface area contributed by atoms with Gasteiger partial charge in [0.25, 0.3) is 5.91 Å². The van der Waals surface area contributed by atoms with Crippen molar-refractivity contribution < 1.29 is 13.2 Å². The van der Waals surface area contributed by atoms with Crippen molar-refractivity contribution in [1.29, 1.82) is 0 Å². The molecule has 1 saturated carbocycles. The number of carbonyl (C=O) groups is 1. The number of hydrogen-bond donors (Lipinski definition) is 1. The second kappa shape index (κ2) is 8.68. The summed E-state index contributed by atoms with van der Waals surface area (Å²) in [6.07, 6.45) is 4.16. The Balaban J connectivity index is 1.77. The lowest BCUT2D eigenvalue weighted by molar-refractivity contribution is 0.0937. The second-order valence-electron chi connectivity index (χ2n) is 6.97. The van der Waals surface area contributed by atoms with Gasteiger partial charge in [0, 0.05) is 5.02 Å². The van der Waals surface area contributed by atoms with E-state index in [4.69, 9.17) is 23.2 Å². The maximum Gasteiger partial charge on any atom is 0.253 e. The average Bonchev–Trinajstić information content (AvgIpc) is 3.44. The number of halogens is 2. The Kier molecular flexibility index (Phi) is 6.48. The molecular weight excluding hydrogens is 417 g/mol. The van der Waals surface area contributed by atoms with E-state index >= 15 is 0 Å². The molecule has 1 aliphatic rings.